The van der Waals surface area contributed by atoms with Crippen LogP contribution in [-0.2, 0) is 23.9 Å². The third kappa shape index (κ3) is 3.82. The minimum Gasteiger partial charge on any atom is -0.506 e. The van der Waals surface area contributed by atoms with Crippen molar-refractivity contribution in [2.75, 3.05) is 19.5 Å². The summed E-state index contributed by atoms with van der Waals surface area (Å²) in [6.07, 6.45) is 0. The van der Waals surface area contributed by atoms with Crippen molar-refractivity contribution < 1.29 is 29.0 Å². The Balaban J connectivity index is 3.46. The van der Waals surface area contributed by atoms with Gasteiger partial charge in [-0.1, -0.05) is 12.1 Å². The molecule has 0 radical (unpaired) electrons. The lowest BCUT2D eigenvalue weighted by atomic mass is 10.1. The molecule has 0 bridgehead atoms. The van der Waals surface area contributed by atoms with Crippen molar-refractivity contribution in [1.82, 2.24) is 0 Å². The van der Waals surface area contributed by atoms with Crippen LogP contribution < -0.4 is 5.32 Å². The summed E-state index contributed by atoms with van der Waals surface area (Å²) in [6, 6.07) is 6.15. The van der Waals surface area contributed by atoms with E-state index in [4.69, 9.17) is 0 Å². The van der Waals surface area contributed by atoms with Gasteiger partial charge in [0, 0.05) is 12.5 Å². The summed E-state index contributed by atoms with van der Waals surface area (Å²) in [5.41, 5.74) is -0.316. The number of ether oxygens (including phenoxy) is 2. The number of aliphatic hydroxyl groups is 1. The Hall–Kier alpha value is -2.83. The van der Waals surface area contributed by atoms with Crippen molar-refractivity contribution in [2.24, 2.45) is 0 Å². The largest absolute Gasteiger partial charge is 0.506 e. The zero-order chi connectivity index (χ0) is 16.0. The monoisotopic (exact) mass is 293 g/mol. The minimum atomic E-state index is -1.04. The van der Waals surface area contributed by atoms with E-state index in [1.54, 1.807) is 12.1 Å². The molecule has 112 valence electrons. The molecule has 0 fully saturated rings. The minimum absolute atomic E-state index is 0.0958. The van der Waals surface area contributed by atoms with E-state index in [0.29, 0.717) is 0 Å². The van der Waals surface area contributed by atoms with Gasteiger partial charge in [-0.2, -0.15) is 0 Å². The number of methoxy groups -OCH3 is 2. The molecule has 1 amide bonds. The fourth-order valence-corrected chi connectivity index (χ4v) is 1.60. The lowest BCUT2D eigenvalue weighted by molar-refractivity contribution is -0.144. The first-order valence-electron chi connectivity index (χ1n) is 5.89. The molecule has 0 heterocycles. The van der Waals surface area contributed by atoms with E-state index >= 15 is 0 Å². The molecule has 1 aromatic carbocycles. The smallest absolute Gasteiger partial charge is 0.349 e. The molecule has 7 heteroatoms. The molecule has 2 N–H and O–H groups in total. The van der Waals surface area contributed by atoms with Gasteiger partial charge in [0.25, 0.3) is 0 Å². The quantitative estimate of drug-likeness (QED) is 0.285. The number of nitrogens with one attached hydrogen (secondary N) is 1. The van der Waals surface area contributed by atoms with Crippen LogP contribution in [0.2, 0.25) is 0 Å². The summed E-state index contributed by atoms with van der Waals surface area (Å²) >= 11 is 0. The fourth-order valence-electron chi connectivity index (χ4n) is 1.60. The Kier molecular flexibility index (Phi) is 5.48. The van der Waals surface area contributed by atoms with Gasteiger partial charge in [0.05, 0.1) is 19.9 Å². The lowest BCUT2D eigenvalue weighted by Gasteiger charge is -2.11. The topological polar surface area (TPSA) is 102 Å². The van der Waals surface area contributed by atoms with Crippen molar-refractivity contribution in [2.45, 2.75) is 6.92 Å². The highest BCUT2D eigenvalue weighted by atomic mass is 16.5. The van der Waals surface area contributed by atoms with Gasteiger partial charge in [0.15, 0.2) is 5.57 Å². The highest BCUT2D eigenvalue weighted by Gasteiger charge is 2.27. The van der Waals surface area contributed by atoms with E-state index < -0.39 is 23.3 Å². The van der Waals surface area contributed by atoms with E-state index in [0.717, 1.165) is 14.2 Å². The molecular weight excluding hydrogens is 278 g/mol. The Morgan fingerprint density at radius 2 is 1.57 bits per heavy atom. The highest BCUT2D eigenvalue weighted by Crippen LogP contribution is 2.25. The maximum absolute atomic E-state index is 11.6. The third-order valence-electron chi connectivity index (χ3n) is 2.51. The molecule has 0 aliphatic carbocycles. The summed E-state index contributed by atoms with van der Waals surface area (Å²) in [6.45, 7) is 1.29. The standard InChI is InChI=1S/C14H15NO6/c1-8(16)15-10-7-5-4-6-9(10)12(17)11(13(18)20-2)14(19)21-3/h4-7,17H,1-3H3,(H,15,16). The second kappa shape index (κ2) is 7.09. The number of carbonyl (C=O) groups is 3. The average Bonchev–Trinajstić information content (AvgIpc) is 2.46. The number of esters is 2. The number of anilines is 1. The SMILES string of the molecule is COC(=O)C(C(=O)OC)=C(O)c1ccccc1NC(C)=O. The summed E-state index contributed by atoms with van der Waals surface area (Å²) in [7, 11) is 2.14. The predicted molar refractivity (Wildman–Crippen MR) is 74.3 cm³/mol. The summed E-state index contributed by atoms with van der Waals surface area (Å²) < 4.78 is 8.91. The molecule has 0 aliphatic rings. The van der Waals surface area contributed by atoms with Gasteiger partial charge in [-0.25, -0.2) is 9.59 Å². The first-order chi connectivity index (χ1) is 9.92. The Morgan fingerprint density at radius 3 is 2.05 bits per heavy atom. The number of hydrogen-bond donors (Lipinski definition) is 2. The lowest BCUT2D eigenvalue weighted by Crippen LogP contribution is -2.18. The summed E-state index contributed by atoms with van der Waals surface area (Å²) in [5, 5.41) is 12.7. The van der Waals surface area contributed by atoms with Gasteiger partial charge < -0.3 is 19.9 Å². The maximum atomic E-state index is 11.6. The van der Waals surface area contributed by atoms with Gasteiger partial charge >= 0.3 is 11.9 Å². The molecule has 0 spiro atoms. The van der Waals surface area contributed by atoms with E-state index in [1.807, 2.05) is 0 Å². The second-order valence-electron chi connectivity index (χ2n) is 3.93. The van der Waals surface area contributed by atoms with Crippen molar-refractivity contribution in [3.05, 3.63) is 35.4 Å². The van der Waals surface area contributed by atoms with Gasteiger partial charge in [0.1, 0.15) is 5.76 Å². The van der Waals surface area contributed by atoms with E-state index in [1.165, 1.54) is 19.1 Å². The molecular formula is C14H15NO6. The zero-order valence-electron chi connectivity index (χ0n) is 11.8. The number of hydrogen-bond acceptors (Lipinski definition) is 6. The molecule has 21 heavy (non-hydrogen) atoms. The van der Waals surface area contributed by atoms with Crippen LogP contribution in [0.4, 0.5) is 5.69 Å². The molecule has 0 aromatic heterocycles. The summed E-state index contributed by atoms with van der Waals surface area (Å²) in [5.74, 6) is -3.10. The maximum Gasteiger partial charge on any atom is 0.349 e. The van der Waals surface area contributed by atoms with Gasteiger partial charge in [-0.05, 0) is 12.1 Å². The molecule has 0 aliphatic heterocycles. The van der Waals surface area contributed by atoms with Crippen LogP contribution in [0.15, 0.2) is 29.8 Å². The molecule has 7 nitrogen and oxygen atoms in total. The van der Waals surface area contributed by atoms with Gasteiger partial charge in [0.2, 0.25) is 5.91 Å². The first-order valence-corrected chi connectivity index (χ1v) is 5.89. The third-order valence-corrected chi connectivity index (χ3v) is 2.51. The van der Waals surface area contributed by atoms with Crippen LogP contribution >= 0.6 is 0 Å². The van der Waals surface area contributed by atoms with Crippen molar-refractivity contribution >= 4 is 29.3 Å². The normalized spacial score (nSPS) is 9.48. The molecule has 0 atom stereocenters. The van der Waals surface area contributed by atoms with Crippen LogP contribution in [0.1, 0.15) is 12.5 Å². The van der Waals surface area contributed by atoms with Crippen molar-refractivity contribution in [3.63, 3.8) is 0 Å². The van der Waals surface area contributed by atoms with Crippen LogP contribution in [0.3, 0.4) is 0 Å². The number of benzene rings is 1. The van der Waals surface area contributed by atoms with E-state index in [-0.39, 0.29) is 17.2 Å². The van der Waals surface area contributed by atoms with Crippen LogP contribution in [-0.4, -0.2) is 37.2 Å². The molecule has 0 unspecified atom stereocenters. The second-order valence-corrected chi connectivity index (χ2v) is 3.93. The molecule has 1 aromatic rings. The average molecular weight is 293 g/mol. The Labute approximate surface area is 121 Å². The summed E-state index contributed by atoms with van der Waals surface area (Å²) in [4.78, 5) is 34.4. The zero-order valence-corrected chi connectivity index (χ0v) is 11.8. The van der Waals surface area contributed by atoms with Crippen molar-refractivity contribution in [3.8, 4) is 0 Å². The van der Waals surface area contributed by atoms with E-state index in [2.05, 4.69) is 14.8 Å². The number of para-hydroxylation sites is 1. The van der Waals surface area contributed by atoms with Gasteiger partial charge in [-0.3, -0.25) is 4.79 Å². The van der Waals surface area contributed by atoms with Gasteiger partial charge in [-0.15, -0.1) is 0 Å². The number of carbonyl (C=O) groups excluding carboxylic acids is 3. The number of aliphatic hydroxyl groups excluding tert-OH is 1. The van der Waals surface area contributed by atoms with Crippen LogP contribution in [0.25, 0.3) is 5.76 Å². The molecule has 0 saturated heterocycles. The van der Waals surface area contributed by atoms with Crippen molar-refractivity contribution in [1.29, 1.82) is 0 Å². The molecule has 0 saturated carbocycles. The van der Waals surface area contributed by atoms with Crippen LogP contribution in [0, 0.1) is 0 Å². The first kappa shape index (κ1) is 16.2. The van der Waals surface area contributed by atoms with E-state index in [9.17, 15) is 19.5 Å². The van der Waals surface area contributed by atoms with Crippen LogP contribution in [0.5, 0.6) is 0 Å². The number of amides is 1. The Morgan fingerprint density at radius 1 is 1.05 bits per heavy atom. The Bertz CT molecular complexity index is 587. The predicted octanol–water partition coefficient (Wildman–Crippen LogP) is 1.26. The highest BCUT2D eigenvalue weighted by molar-refractivity contribution is 6.19. The molecule has 1 rings (SSSR count). The number of rotatable bonds is 4. The fraction of sp³-hybridized carbons (Fsp3) is 0.214.